The predicted octanol–water partition coefficient (Wildman–Crippen LogP) is 3.71. The summed E-state index contributed by atoms with van der Waals surface area (Å²) in [5.41, 5.74) is 6.20. The van der Waals surface area contributed by atoms with Crippen molar-refractivity contribution >= 4 is 5.97 Å². The van der Waals surface area contributed by atoms with Crippen LogP contribution in [0.15, 0.2) is 46.1 Å². The third kappa shape index (κ3) is 2.32. The van der Waals surface area contributed by atoms with Gasteiger partial charge in [0.1, 0.15) is 0 Å². The van der Waals surface area contributed by atoms with Crippen LogP contribution in [0.4, 0.5) is 0 Å². The number of aliphatic hydroxyl groups is 2. The Bertz CT molecular complexity index is 844. The Morgan fingerprint density at radius 2 is 1.85 bits per heavy atom. The molecular formula is C23H28O4. The first kappa shape index (κ1) is 17.4. The molecule has 2 N–H and O–H groups in total. The highest BCUT2D eigenvalue weighted by molar-refractivity contribution is 5.87. The van der Waals surface area contributed by atoms with Gasteiger partial charge in [-0.1, -0.05) is 31.6 Å². The molecule has 4 aliphatic carbocycles. The molecule has 0 aromatic heterocycles. The molecule has 0 aromatic carbocycles. The molecule has 5 unspecified atom stereocenters. The molecule has 0 aromatic rings. The zero-order valence-electron chi connectivity index (χ0n) is 16.1. The van der Waals surface area contributed by atoms with Crippen LogP contribution in [0.1, 0.15) is 58.8 Å². The van der Waals surface area contributed by atoms with E-state index in [0.717, 1.165) is 50.5 Å². The molecule has 1 saturated carbocycles. The van der Waals surface area contributed by atoms with E-state index < -0.39 is 12.3 Å². The number of carbonyl (C=O) groups is 1. The van der Waals surface area contributed by atoms with E-state index >= 15 is 0 Å². The van der Waals surface area contributed by atoms with Crippen LogP contribution in [0.3, 0.4) is 0 Å². The summed E-state index contributed by atoms with van der Waals surface area (Å²) in [6, 6.07) is 0. The molecule has 1 heterocycles. The predicted molar refractivity (Wildman–Crippen MR) is 101 cm³/mol. The Kier molecular flexibility index (Phi) is 3.67. The van der Waals surface area contributed by atoms with E-state index in [2.05, 4.69) is 26.0 Å². The van der Waals surface area contributed by atoms with Crippen molar-refractivity contribution in [2.75, 3.05) is 0 Å². The SMILES string of the molecule is CC12CCC3=C(CCC4CC(O)CCC34C)C1=CC=C2C1=CC(=O)OC1O. The normalized spacial score (nSPS) is 43.3. The molecule has 4 heteroatoms. The summed E-state index contributed by atoms with van der Waals surface area (Å²) in [6.07, 6.45) is 11.6. The summed E-state index contributed by atoms with van der Waals surface area (Å²) < 4.78 is 4.94. The van der Waals surface area contributed by atoms with Gasteiger partial charge in [0.25, 0.3) is 0 Å². The number of esters is 1. The maximum absolute atomic E-state index is 11.6. The molecule has 1 aliphatic heterocycles. The van der Waals surface area contributed by atoms with Crippen molar-refractivity contribution in [3.63, 3.8) is 0 Å². The van der Waals surface area contributed by atoms with E-state index in [1.165, 1.54) is 17.2 Å². The lowest BCUT2D eigenvalue weighted by atomic mass is 9.52. The molecule has 0 saturated heterocycles. The minimum Gasteiger partial charge on any atom is -0.428 e. The lowest BCUT2D eigenvalue weighted by Crippen LogP contribution is -2.43. The number of ether oxygens (including phenoxy) is 1. The Morgan fingerprint density at radius 3 is 2.59 bits per heavy atom. The van der Waals surface area contributed by atoms with Crippen molar-refractivity contribution in [3.8, 4) is 0 Å². The summed E-state index contributed by atoms with van der Waals surface area (Å²) in [7, 11) is 0. The standard InChI is InChI=1S/C23H28O4/c1-22-9-7-14(24)11-13(22)3-4-15-17-5-6-18(16-12-20(25)27-21(16)26)23(17,2)10-8-19(15)22/h5-6,12-14,21,24,26H,3-4,7-11H2,1-2H3. The number of aliphatic hydroxyl groups excluding tert-OH is 2. The van der Waals surface area contributed by atoms with E-state index in [4.69, 9.17) is 4.74 Å². The first-order chi connectivity index (χ1) is 12.8. The molecule has 27 heavy (non-hydrogen) atoms. The topological polar surface area (TPSA) is 66.8 Å². The Morgan fingerprint density at radius 1 is 1.07 bits per heavy atom. The summed E-state index contributed by atoms with van der Waals surface area (Å²) >= 11 is 0. The third-order valence-corrected chi connectivity index (χ3v) is 8.13. The fourth-order valence-corrected chi connectivity index (χ4v) is 6.55. The van der Waals surface area contributed by atoms with Gasteiger partial charge in [-0.15, -0.1) is 0 Å². The van der Waals surface area contributed by atoms with Crippen LogP contribution in [0, 0.1) is 16.7 Å². The van der Waals surface area contributed by atoms with Gasteiger partial charge in [-0.2, -0.15) is 0 Å². The summed E-state index contributed by atoms with van der Waals surface area (Å²) in [6.45, 7) is 4.66. The van der Waals surface area contributed by atoms with Crippen molar-refractivity contribution < 1.29 is 19.7 Å². The summed E-state index contributed by atoms with van der Waals surface area (Å²) in [5.74, 6) is 0.129. The van der Waals surface area contributed by atoms with E-state index in [1.54, 1.807) is 5.57 Å². The number of rotatable bonds is 1. The number of carbonyl (C=O) groups excluding carboxylic acids is 1. The second-order valence-corrected chi connectivity index (χ2v) is 9.42. The molecule has 1 fully saturated rings. The van der Waals surface area contributed by atoms with E-state index in [0.29, 0.717) is 11.5 Å². The molecule has 5 atom stereocenters. The quantitative estimate of drug-likeness (QED) is 0.693. The highest BCUT2D eigenvalue weighted by Crippen LogP contribution is 2.63. The highest BCUT2D eigenvalue weighted by atomic mass is 16.6. The van der Waals surface area contributed by atoms with Crippen LogP contribution in [-0.2, 0) is 9.53 Å². The van der Waals surface area contributed by atoms with Crippen molar-refractivity contribution in [1.29, 1.82) is 0 Å². The number of cyclic esters (lactones) is 1. The van der Waals surface area contributed by atoms with E-state index in [1.807, 2.05) is 0 Å². The average molecular weight is 368 g/mol. The molecule has 0 spiro atoms. The van der Waals surface area contributed by atoms with Crippen LogP contribution in [0.25, 0.3) is 0 Å². The Labute approximate surface area is 160 Å². The zero-order chi connectivity index (χ0) is 19.0. The third-order valence-electron chi connectivity index (χ3n) is 8.13. The van der Waals surface area contributed by atoms with Crippen LogP contribution >= 0.6 is 0 Å². The second kappa shape index (κ2) is 5.68. The van der Waals surface area contributed by atoms with Crippen molar-refractivity contribution in [3.05, 3.63) is 46.1 Å². The maximum atomic E-state index is 11.6. The average Bonchev–Trinajstić information content (AvgIpc) is 3.13. The molecule has 5 aliphatic rings. The van der Waals surface area contributed by atoms with Gasteiger partial charge in [-0.3, -0.25) is 0 Å². The van der Waals surface area contributed by atoms with Gasteiger partial charge < -0.3 is 14.9 Å². The van der Waals surface area contributed by atoms with Crippen molar-refractivity contribution in [2.24, 2.45) is 16.7 Å². The largest absolute Gasteiger partial charge is 0.428 e. The van der Waals surface area contributed by atoms with Gasteiger partial charge in [0.15, 0.2) is 0 Å². The Hall–Kier alpha value is -1.65. The van der Waals surface area contributed by atoms with E-state index in [-0.39, 0.29) is 16.9 Å². The number of allylic oxidation sites excluding steroid dienone is 5. The first-order valence-electron chi connectivity index (χ1n) is 10.3. The molecule has 5 rings (SSSR count). The lowest BCUT2D eigenvalue weighted by molar-refractivity contribution is -0.151. The fourth-order valence-electron chi connectivity index (χ4n) is 6.55. The van der Waals surface area contributed by atoms with Crippen LogP contribution in [0.2, 0.25) is 0 Å². The first-order valence-corrected chi connectivity index (χ1v) is 10.3. The minimum absolute atomic E-state index is 0.133. The number of fused-ring (bicyclic) bond motifs is 4. The molecule has 0 radical (unpaired) electrons. The van der Waals surface area contributed by atoms with Gasteiger partial charge in [0.2, 0.25) is 6.29 Å². The minimum atomic E-state index is -1.14. The molecule has 144 valence electrons. The van der Waals surface area contributed by atoms with Gasteiger partial charge in [0.05, 0.1) is 6.10 Å². The summed E-state index contributed by atoms with van der Waals surface area (Å²) in [4.78, 5) is 11.6. The highest BCUT2D eigenvalue weighted by Gasteiger charge is 2.51. The second-order valence-electron chi connectivity index (χ2n) is 9.42. The maximum Gasteiger partial charge on any atom is 0.333 e. The van der Waals surface area contributed by atoms with Crippen LogP contribution < -0.4 is 0 Å². The number of hydrogen-bond donors (Lipinski definition) is 2. The monoisotopic (exact) mass is 368 g/mol. The van der Waals surface area contributed by atoms with Crippen LogP contribution in [-0.4, -0.2) is 28.6 Å². The van der Waals surface area contributed by atoms with E-state index in [9.17, 15) is 15.0 Å². The van der Waals surface area contributed by atoms with Gasteiger partial charge in [0, 0.05) is 17.1 Å². The van der Waals surface area contributed by atoms with Crippen molar-refractivity contribution in [2.45, 2.75) is 71.2 Å². The summed E-state index contributed by atoms with van der Waals surface area (Å²) in [5, 5.41) is 20.3. The van der Waals surface area contributed by atoms with Crippen LogP contribution in [0.5, 0.6) is 0 Å². The number of hydrogen-bond acceptors (Lipinski definition) is 4. The van der Waals surface area contributed by atoms with Gasteiger partial charge >= 0.3 is 5.97 Å². The molecule has 0 amide bonds. The molecular weight excluding hydrogens is 340 g/mol. The molecule has 4 nitrogen and oxygen atoms in total. The fraction of sp³-hybridized carbons (Fsp3) is 0.609. The van der Waals surface area contributed by atoms with Crippen molar-refractivity contribution in [1.82, 2.24) is 0 Å². The molecule has 0 bridgehead atoms. The van der Waals surface area contributed by atoms with Gasteiger partial charge in [-0.05, 0) is 73.0 Å². The smallest absolute Gasteiger partial charge is 0.333 e. The zero-order valence-corrected chi connectivity index (χ0v) is 16.1. The lowest BCUT2D eigenvalue weighted by Gasteiger charge is -2.53. The Balaban J connectivity index is 1.52. The van der Waals surface area contributed by atoms with Gasteiger partial charge in [-0.25, -0.2) is 4.79 Å².